The number of sulfonamides is 1. The Morgan fingerprint density at radius 3 is 1.49 bits per heavy atom. The predicted molar refractivity (Wildman–Crippen MR) is 192 cm³/mol. The Bertz CT molecular complexity index is 1920. The van der Waals surface area contributed by atoms with Crippen molar-refractivity contribution < 1.29 is 32.3 Å². The summed E-state index contributed by atoms with van der Waals surface area (Å²) in [6.45, 7) is 0.797. The number of benzene rings is 5. The Labute approximate surface area is 298 Å². The monoisotopic (exact) mass is 708 g/mol. The van der Waals surface area contributed by atoms with E-state index in [0.29, 0.717) is 0 Å². The number of nitro groups is 1. The molecule has 5 aromatic rings. The van der Waals surface area contributed by atoms with Crippen molar-refractivity contribution in [3.8, 4) is 0 Å². The molecule has 0 N–H and O–H groups in total. The number of nitrogens with zero attached hydrogens (tertiary/aromatic N) is 2. The molecule has 4 atom stereocenters. The van der Waals surface area contributed by atoms with E-state index in [1.165, 1.54) is 28.6 Å². The fraction of sp³-hybridized carbons (Fsp3) is 0.250. The van der Waals surface area contributed by atoms with Crippen LogP contribution in [0.2, 0.25) is 0 Å². The molecule has 0 amide bonds. The van der Waals surface area contributed by atoms with Gasteiger partial charge in [-0.25, -0.2) is 8.42 Å². The van der Waals surface area contributed by atoms with E-state index in [2.05, 4.69) is 0 Å². The van der Waals surface area contributed by atoms with Crippen LogP contribution in [0.3, 0.4) is 0 Å². The zero-order valence-electron chi connectivity index (χ0n) is 28.0. The van der Waals surface area contributed by atoms with Gasteiger partial charge in [0.05, 0.1) is 48.9 Å². The molecule has 0 unspecified atom stereocenters. The maximum absolute atomic E-state index is 14.6. The molecule has 1 aliphatic heterocycles. The van der Waals surface area contributed by atoms with Gasteiger partial charge in [-0.2, -0.15) is 4.31 Å². The minimum atomic E-state index is -4.26. The number of nitro benzene ring substituents is 1. The average molecular weight is 709 g/mol. The fourth-order valence-corrected chi connectivity index (χ4v) is 7.71. The van der Waals surface area contributed by atoms with Crippen molar-refractivity contribution in [1.82, 2.24) is 4.31 Å². The van der Waals surface area contributed by atoms with Gasteiger partial charge in [0.2, 0.25) is 10.0 Å². The lowest BCUT2D eigenvalue weighted by Gasteiger charge is -2.47. The molecule has 0 spiro atoms. The molecule has 5 aromatic carbocycles. The number of ether oxygens (including phenoxy) is 4. The first kappa shape index (κ1) is 36.1. The van der Waals surface area contributed by atoms with E-state index in [1.54, 1.807) is 0 Å². The van der Waals surface area contributed by atoms with E-state index in [1.807, 2.05) is 121 Å². The van der Waals surface area contributed by atoms with Gasteiger partial charge in [-0.3, -0.25) is 10.1 Å². The quantitative estimate of drug-likeness (QED) is 0.0800. The number of non-ortho nitro benzene ring substituents is 1. The summed E-state index contributed by atoms with van der Waals surface area (Å²) in [4.78, 5) is 10.7. The highest BCUT2D eigenvalue weighted by Crippen LogP contribution is 2.33. The van der Waals surface area contributed by atoms with Gasteiger partial charge in [-0.1, -0.05) is 121 Å². The topological polar surface area (TPSA) is 117 Å². The van der Waals surface area contributed by atoms with Crippen LogP contribution in [-0.4, -0.2) is 55.2 Å². The number of hydrogen-bond acceptors (Lipinski definition) is 8. The lowest BCUT2D eigenvalue weighted by Crippen LogP contribution is -2.65. The van der Waals surface area contributed by atoms with Crippen molar-refractivity contribution in [2.45, 2.75) is 55.7 Å². The summed E-state index contributed by atoms with van der Waals surface area (Å²) in [5.74, 6) is 0. The van der Waals surface area contributed by atoms with Gasteiger partial charge in [0.15, 0.2) is 0 Å². The normalized spacial score (nSPS) is 19.5. The van der Waals surface area contributed by atoms with Crippen LogP contribution in [0.1, 0.15) is 22.3 Å². The van der Waals surface area contributed by atoms with Crippen molar-refractivity contribution in [3.63, 3.8) is 0 Å². The third kappa shape index (κ3) is 9.53. The number of hydrogen-bond donors (Lipinski definition) is 0. The summed E-state index contributed by atoms with van der Waals surface area (Å²) in [7, 11) is -4.26. The van der Waals surface area contributed by atoms with Crippen molar-refractivity contribution in [2.75, 3.05) is 13.2 Å². The van der Waals surface area contributed by atoms with Gasteiger partial charge in [0.25, 0.3) is 5.69 Å². The van der Waals surface area contributed by atoms with Crippen LogP contribution in [0, 0.1) is 10.1 Å². The zero-order valence-corrected chi connectivity index (χ0v) is 28.8. The maximum Gasteiger partial charge on any atom is 0.269 e. The molecule has 10 nitrogen and oxygen atoms in total. The SMILES string of the molecule is O=[N+]([O-])c1ccc(S(=O)(=O)N2C[C@H](OCc3ccccc3)[C@@H](OCc3ccccc3)[C@@H](OCc3ccccc3)[C@@H]2COCc2ccccc2)cc1. The zero-order chi connectivity index (χ0) is 35.5. The van der Waals surface area contributed by atoms with E-state index < -0.39 is 39.3 Å². The standard InChI is InChI=1S/C40H40N2O8S/c43-42(44)35-21-23-36(24-22-35)51(45,46)41-25-38(48-27-32-15-7-2-8-16-32)40(50-29-34-19-11-4-12-20-34)39(49-28-33-17-9-3-10-18-33)37(41)30-47-26-31-13-5-1-6-14-31/h1-24,37-40H,25-30H2/t37-,38-,39-,40+/m0/s1. The highest BCUT2D eigenvalue weighted by Gasteiger charge is 2.50. The molecular formula is C40H40N2O8S. The van der Waals surface area contributed by atoms with Crippen LogP contribution in [0.25, 0.3) is 0 Å². The Kier molecular flexibility index (Phi) is 12.3. The van der Waals surface area contributed by atoms with Crippen LogP contribution in [0.15, 0.2) is 150 Å². The highest BCUT2D eigenvalue weighted by atomic mass is 32.2. The first-order valence-electron chi connectivity index (χ1n) is 16.7. The van der Waals surface area contributed by atoms with Crippen LogP contribution in [0.4, 0.5) is 5.69 Å². The van der Waals surface area contributed by atoms with Crippen LogP contribution in [-0.2, 0) is 55.4 Å². The largest absolute Gasteiger partial charge is 0.375 e. The van der Waals surface area contributed by atoms with Crippen molar-refractivity contribution in [3.05, 3.63) is 178 Å². The van der Waals surface area contributed by atoms with Gasteiger partial charge < -0.3 is 18.9 Å². The first-order chi connectivity index (χ1) is 24.9. The van der Waals surface area contributed by atoms with Gasteiger partial charge in [-0.05, 0) is 34.4 Å². The summed E-state index contributed by atoms with van der Waals surface area (Å²) in [5.41, 5.74) is 3.48. The molecule has 51 heavy (non-hydrogen) atoms. The molecule has 11 heteroatoms. The summed E-state index contributed by atoms with van der Waals surface area (Å²) < 4.78 is 56.7. The molecule has 0 bridgehead atoms. The predicted octanol–water partition coefficient (Wildman–Crippen LogP) is 6.94. The van der Waals surface area contributed by atoms with Gasteiger partial charge in [0.1, 0.15) is 18.3 Å². The molecule has 6 rings (SSSR count). The van der Waals surface area contributed by atoms with Crippen LogP contribution >= 0.6 is 0 Å². The molecular weight excluding hydrogens is 669 g/mol. The van der Waals surface area contributed by atoms with E-state index in [4.69, 9.17) is 18.9 Å². The average Bonchev–Trinajstić information content (AvgIpc) is 3.17. The Balaban J connectivity index is 1.39. The Morgan fingerprint density at radius 1 is 0.588 bits per heavy atom. The molecule has 0 saturated carbocycles. The lowest BCUT2D eigenvalue weighted by molar-refractivity contribution is -0.384. The molecule has 1 heterocycles. The smallest absolute Gasteiger partial charge is 0.269 e. The summed E-state index contributed by atoms with van der Waals surface area (Å²) in [6, 6.07) is 42.7. The second-order valence-electron chi connectivity index (χ2n) is 12.3. The fourth-order valence-electron chi connectivity index (χ4n) is 6.08. The minimum absolute atomic E-state index is 0.0167. The van der Waals surface area contributed by atoms with E-state index in [-0.39, 0.29) is 50.2 Å². The molecule has 0 aliphatic carbocycles. The Hall–Kier alpha value is -4.75. The minimum Gasteiger partial charge on any atom is -0.375 e. The third-order valence-corrected chi connectivity index (χ3v) is 10.6. The van der Waals surface area contributed by atoms with Crippen LogP contribution < -0.4 is 0 Å². The summed E-state index contributed by atoms with van der Waals surface area (Å²) in [5, 5.41) is 11.4. The van der Waals surface area contributed by atoms with E-state index in [0.717, 1.165) is 22.3 Å². The molecule has 1 saturated heterocycles. The van der Waals surface area contributed by atoms with Crippen molar-refractivity contribution in [1.29, 1.82) is 0 Å². The number of piperidine rings is 1. The Morgan fingerprint density at radius 2 is 1.02 bits per heavy atom. The second kappa shape index (κ2) is 17.5. The van der Waals surface area contributed by atoms with Crippen molar-refractivity contribution >= 4 is 15.7 Å². The van der Waals surface area contributed by atoms with Gasteiger partial charge in [-0.15, -0.1) is 0 Å². The van der Waals surface area contributed by atoms with E-state index in [9.17, 15) is 18.5 Å². The van der Waals surface area contributed by atoms with Crippen molar-refractivity contribution in [2.24, 2.45) is 0 Å². The molecule has 1 fully saturated rings. The molecule has 264 valence electrons. The van der Waals surface area contributed by atoms with E-state index >= 15 is 0 Å². The first-order valence-corrected chi connectivity index (χ1v) is 18.2. The second-order valence-corrected chi connectivity index (χ2v) is 14.1. The maximum atomic E-state index is 14.6. The molecule has 1 aliphatic rings. The van der Waals surface area contributed by atoms with Gasteiger partial charge in [0, 0.05) is 18.7 Å². The lowest BCUT2D eigenvalue weighted by atomic mass is 9.95. The summed E-state index contributed by atoms with van der Waals surface area (Å²) >= 11 is 0. The van der Waals surface area contributed by atoms with Gasteiger partial charge >= 0.3 is 0 Å². The number of rotatable bonds is 16. The highest BCUT2D eigenvalue weighted by molar-refractivity contribution is 7.89. The molecule has 0 aromatic heterocycles. The summed E-state index contributed by atoms with van der Waals surface area (Å²) in [6.07, 6.45) is -2.30. The molecule has 0 radical (unpaired) electrons. The third-order valence-electron chi connectivity index (χ3n) is 8.73. The van der Waals surface area contributed by atoms with Crippen LogP contribution in [0.5, 0.6) is 0 Å².